The minimum absolute atomic E-state index is 0.111. The molecule has 1 aliphatic rings. The molecule has 2 aromatic heterocycles. The zero-order valence-electron chi connectivity index (χ0n) is 11.9. The summed E-state index contributed by atoms with van der Waals surface area (Å²) in [5.41, 5.74) is 9.71. The third kappa shape index (κ3) is 2.44. The molecule has 7 heteroatoms. The molecular weight excluding hydrogens is 353 g/mol. The Hall–Kier alpha value is -1.53. The Labute approximate surface area is 146 Å². The maximum atomic E-state index is 12.5. The third-order valence-electron chi connectivity index (χ3n) is 4.22. The summed E-state index contributed by atoms with van der Waals surface area (Å²) in [6.45, 7) is 0. The molecule has 0 aliphatic heterocycles. The van der Waals surface area contributed by atoms with Crippen molar-refractivity contribution < 1.29 is 4.79 Å². The Balaban J connectivity index is 1.56. The van der Waals surface area contributed by atoms with Gasteiger partial charge in [-0.2, -0.15) is 0 Å². The summed E-state index contributed by atoms with van der Waals surface area (Å²) >= 11 is 13.4. The lowest BCUT2D eigenvalue weighted by atomic mass is 10.1. The number of nitrogens with one attached hydrogen (secondary N) is 2. The van der Waals surface area contributed by atoms with Crippen molar-refractivity contribution in [1.29, 1.82) is 0 Å². The standard InChI is InChI=1S/C16H13Cl2N3OS/c17-12-14-11(23-15(12)18)6-10(20-14)16(22)21-9-5-7-3-1-2-4-8(7)13(9)19/h1-4,6,9,13,20H,5,19H2,(H,21,22)/t9-,13-/m0/s1. The first kappa shape index (κ1) is 15.0. The van der Waals surface area contributed by atoms with Gasteiger partial charge in [0.05, 0.1) is 27.3 Å². The van der Waals surface area contributed by atoms with Gasteiger partial charge in [-0.3, -0.25) is 4.79 Å². The minimum atomic E-state index is -0.190. The number of aromatic nitrogens is 1. The van der Waals surface area contributed by atoms with Crippen LogP contribution in [0.25, 0.3) is 10.2 Å². The van der Waals surface area contributed by atoms with E-state index in [1.54, 1.807) is 6.07 Å². The molecule has 0 spiro atoms. The van der Waals surface area contributed by atoms with E-state index in [0.717, 1.165) is 16.7 Å². The van der Waals surface area contributed by atoms with Crippen LogP contribution in [0.4, 0.5) is 0 Å². The van der Waals surface area contributed by atoms with Crippen molar-refractivity contribution in [2.45, 2.75) is 18.5 Å². The van der Waals surface area contributed by atoms with E-state index in [-0.39, 0.29) is 18.0 Å². The fourth-order valence-corrected chi connectivity index (χ4v) is 4.54. The highest BCUT2D eigenvalue weighted by Crippen LogP contribution is 2.39. The van der Waals surface area contributed by atoms with Crippen LogP contribution in [0.1, 0.15) is 27.7 Å². The summed E-state index contributed by atoms with van der Waals surface area (Å²) < 4.78 is 1.39. The predicted molar refractivity (Wildman–Crippen MR) is 94.5 cm³/mol. The normalized spacial score (nSPS) is 20.0. The number of H-pyrrole nitrogens is 1. The molecule has 0 saturated heterocycles. The number of nitrogens with two attached hydrogens (primary N) is 1. The van der Waals surface area contributed by atoms with Crippen LogP contribution in [0.15, 0.2) is 30.3 Å². The van der Waals surface area contributed by atoms with Crippen molar-refractivity contribution in [2.75, 3.05) is 0 Å². The highest BCUT2D eigenvalue weighted by Gasteiger charge is 2.31. The molecule has 0 bridgehead atoms. The molecule has 4 nitrogen and oxygen atoms in total. The first-order valence-corrected chi connectivity index (χ1v) is 8.72. The average molecular weight is 366 g/mol. The summed E-state index contributed by atoms with van der Waals surface area (Å²) in [6.07, 6.45) is 0.741. The number of thiophene rings is 1. The number of carbonyl (C=O) groups is 1. The largest absolute Gasteiger partial charge is 0.349 e. The van der Waals surface area contributed by atoms with Crippen molar-refractivity contribution in [2.24, 2.45) is 5.73 Å². The molecule has 4 rings (SSSR count). The number of hydrogen-bond donors (Lipinski definition) is 3. The lowest BCUT2D eigenvalue weighted by molar-refractivity contribution is 0.0929. The topological polar surface area (TPSA) is 70.9 Å². The van der Waals surface area contributed by atoms with Crippen LogP contribution in [0.5, 0.6) is 0 Å². The summed E-state index contributed by atoms with van der Waals surface area (Å²) in [5.74, 6) is -0.186. The van der Waals surface area contributed by atoms with E-state index in [4.69, 9.17) is 28.9 Å². The van der Waals surface area contributed by atoms with Crippen LogP contribution >= 0.6 is 34.5 Å². The number of carbonyl (C=O) groups excluding carboxylic acids is 1. The summed E-state index contributed by atoms with van der Waals surface area (Å²) in [5, 5.41) is 3.46. The zero-order chi connectivity index (χ0) is 16.1. The van der Waals surface area contributed by atoms with Crippen molar-refractivity contribution >= 4 is 50.7 Å². The van der Waals surface area contributed by atoms with E-state index in [0.29, 0.717) is 20.6 Å². The number of aromatic amines is 1. The molecule has 4 N–H and O–H groups in total. The molecule has 118 valence electrons. The van der Waals surface area contributed by atoms with E-state index in [1.807, 2.05) is 24.3 Å². The fourth-order valence-electron chi connectivity index (χ4n) is 3.05. The summed E-state index contributed by atoms with van der Waals surface area (Å²) in [4.78, 5) is 15.5. The molecule has 0 saturated carbocycles. The van der Waals surface area contributed by atoms with Gasteiger partial charge in [-0.05, 0) is 23.6 Å². The van der Waals surface area contributed by atoms with Gasteiger partial charge in [0, 0.05) is 0 Å². The van der Waals surface area contributed by atoms with Crippen molar-refractivity contribution in [3.05, 3.63) is 56.5 Å². The number of amides is 1. The Bertz CT molecular complexity index is 917. The fraction of sp³-hybridized carbons (Fsp3) is 0.188. The SMILES string of the molecule is N[C@H]1c2ccccc2C[C@@H]1NC(=O)c1cc2sc(Cl)c(Cl)c2[nH]1. The first-order valence-electron chi connectivity index (χ1n) is 7.15. The third-order valence-corrected chi connectivity index (χ3v) is 6.15. The van der Waals surface area contributed by atoms with E-state index in [1.165, 1.54) is 16.9 Å². The van der Waals surface area contributed by atoms with Crippen LogP contribution in [0.2, 0.25) is 9.36 Å². The number of rotatable bonds is 2. The quantitative estimate of drug-likeness (QED) is 0.644. The van der Waals surface area contributed by atoms with Gasteiger partial charge in [0.15, 0.2) is 0 Å². The van der Waals surface area contributed by atoms with Gasteiger partial charge < -0.3 is 16.0 Å². The molecule has 1 amide bonds. The molecule has 1 aliphatic carbocycles. The van der Waals surface area contributed by atoms with E-state index < -0.39 is 0 Å². The molecule has 2 heterocycles. The smallest absolute Gasteiger partial charge is 0.268 e. The van der Waals surface area contributed by atoms with Gasteiger partial charge in [0.25, 0.3) is 5.91 Å². The Kier molecular flexibility index (Phi) is 3.61. The van der Waals surface area contributed by atoms with E-state index in [2.05, 4.69) is 10.3 Å². The van der Waals surface area contributed by atoms with Crippen LogP contribution in [-0.2, 0) is 6.42 Å². The lowest BCUT2D eigenvalue weighted by Gasteiger charge is -2.17. The Morgan fingerprint density at radius 2 is 2.13 bits per heavy atom. The minimum Gasteiger partial charge on any atom is -0.349 e. The summed E-state index contributed by atoms with van der Waals surface area (Å²) in [6, 6.07) is 9.48. The van der Waals surface area contributed by atoms with E-state index >= 15 is 0 Å². The molecule has 0 radical (unpaired) electrons. The number of fused-ring (bicyclic) bond motifs is 2. The molecule has 1 aromatic carbocycles. The van der Waals surface area contributed by atoms with Crippen LogP contribution in [0.3, 0.4) is 0 Å². The monoisotopic (exact) mass is 365 g/mol. The van der Waals surface area contributed by atoms with Gasteiger partial charge in [-0.25, -0.2) is 0 Å². The molecule has 3 aromatic rings. The second-order valence-electron chi connectivity index (χ2n) is 5.62. The van der Waals surface area contributed by atoms with Crippen molar-refractivity contribution in [3.8, 4) is 0 Å². The van der Waals surface area contributed by atoms with Crippen LogP contribution in [0, 0.1) is 0 Å². The maximum Gasteiger partial charge on any atom is 0.268 e. The van der Waals surface area contributed by atoms with Crippen LogP contribution < -0.4 is 11.1 Å². The maximum absolute atomic E-state index is 12.5. The second kappa shape index (κ2) is 5.53. The number of benzene rings is 1. The first-order chi connectivity index (χ1) is 11.0. The van der Waals surface area contributed by atoms with Gasteiger partial charge in [0.2, 0.25) is 0 Å². The predicted octanol–water partition coefficient (Wildman–Crippen LogP) is 3.89. The Morgan fingerprint density at radius 3 is 2.87 bits per heavy atom. The van der Waals surface area contributed by atoms with Crippen LogP contribution in [-0.4, -0.2) is 16.9 Å². The Morgan fingerprint density at radius 1 is 1.35 bits per heavy atom. The summed E-state index contributed by atoms with van der Waals surface area (Å²) in [7, 11) is 0. The van der Waals surface area contributed by atoms with Crippen molar-refractivity contribution in [1.82, 2.24) is 10.3 Å². The number of halogens is 2. The zero-order valence-corrected chi connectivity index (χ0v) is 14.2. The van der Waals surface area contributed by atoms with Gasteiger partial charge >= 0.3 is 0 Å². The van der Waals surface area contributed by atoms with Gasteiger partial charge in [0.1, 0.15) is 10.0 Å². The second-order valence-corrected chi connectivity index (χ2v) is 7.65. The molecule has 0 fully saturated rings. The number of hydrogen-bond acceptors (Lipinski definition) is 3. The highest BCUT2D eigenvalue weighted by molar-refractivity contribution is 7.23. The van der Waals surface area contributed by atoms with Crippen molar-refractivity contribution in [3.63, 3.8) is 0 Å². The van der Waals surface area contributed by atoms with Gasteiger partial charge in [-0.15, -0.1) is 11.3 Å². The van der Waals surface area contributed by atoms with E-state index in [9.17, 15) is 4.79 Å². The molecule has 0 unspecified atom stereocenters. The van der Waals surface area contributed by atoms with Gasteiger partial charge in [-0.1, -0.05) is 47.5 Å². The molecule has 2 atom stereocenters. The average Bonchev–Trinajstić information content (AvgIpc) is 3.16. The lowest BCUT2D eigenvalue weighted by Crippen LogP contribution is -2.40. The molecular formula is C16H13Cl2N3OS. The molecule has 23 heavy (non-hydrogen) atoms. The highest BCUT2D eigenvalue weighted by atomic mass is 35.5.